The number of nitrogens with zero attached hydrogens (tertiary/aromatic N) is 3. The minimum absolute atomic E-state index is 0.775. The maximum Gasteiger partial charge on any atom is 0.112 e. The molecule has 1 rings (SSSR count). The highest BCUT2D eigenvalue weighted by molar-refractivity contribution is 5.31. The van der Waals surface area contributed by atoms with E-state index in [2.05, 4.69) is 23.5 Å². The number of aryl methyl sites for hydroxylation is 1. The second kappa shape index (κ2) is 2.47. The van der Waals surface area contributed by atoms with Crippen LogP contribution >= 0.6 is 0 Å². The highest BCUT2D eigenvalue weighted by Gasteiger charge is 1.87. The fraction of sp³-hybridized carbons (Fsp3) is 0.143. The molecule has 0 aliphatic heterocycles. The monoisotopic (exact) mass is 135 g/mol. The van der Waals surface area contributed by atoms with E-state index in [4.69, 9.17) is 0 Å². The van der Waals surface area contributed by atoms with Crippen molar-refractivity contribution in [2.24, 2.45) is 7.05 Å². The van der Waals surface area contributed by atoms with Crippen LogP contribution in [-0.4, -0.2) is 15.0 Å². The van der Waals surface area contributed by atoms with Gasteiger partial charge in [-0.05, 0) is 6.08 Å². The van der Waals surface area contributed by atoms with E-state index in [1.165, 1.54) is 0 Å². The highest BCUT2D eigenvalue weighted by Crippen LogP contribution is 1.60. The molecular weight excluding hydrogens is 126 g/mol. The van der Waals surface area contributed by atoms with Crippen LogP contribution in [0.5, 0.6) is 0 Å². The lowest BCUT2D eigenvalue weighted by atomic mass is 10.5. The van der Waals surface area contributed by atoms with Gasteiger partial charge in [0.2, 0.25) is 0 Å². The summed E-state index contributed by atoms with van der Waals surface area (Å²) in [5.41, 5.74) is 0. The lowest BCUT2D eigenvalue weighted by Gasteiger charge is -1.79. The fourth-order valence-corrected chi connectivity index (χ4v) is 0.634. The summed E-state index contributed by atoms with van der Waals surface area (Å²) in [5.74, 6) is 0. The molecule has 1 aromatic rings. The Morgan fingerprint density at radius 2 is 2.30 bits per heavy atom. The van der Waals surface area contributed by atoms with E-state index in [0.29, 0.717) is 0 Å². The topological polar surface area (TPSA) is 30.7 Å². The molecular formula is C7H9N3. The van der Waals surface area contributed by atoms with Crippen LogP contribution in [0.15, 0.2) is 12.7 Å². The Morgan fingerprint density at radius 3 is 2.70 bits per heavy atom. The lowest BCUT2D eigenvalue weighted by Crippen LogP contribution is -2.26. The van der Waals surface area contributed by atoms with Crippen LogP contribution in [0.2, 0.25) is 0 Å². The van der Waals surface area contributed by atoms with Crippen LogP contribution in [0.4, 0.5) is 0 Å². The Balaban J connectivity index is 3.45. The van der Waals surface area contributed by atoms with Crippen molar-refractivity contribution in [3.63, 3.8) is 0 Å². The van der Waals surface area contributed by atoms with Gasteiger partial charge in [0.05, 0.1) is 5.35 Å². The van der Waals surface area contributed by atoms with Crippen molar-refractivity contribution in [2.45, 2.75) is 0 Å². The van der Waals surface area contributed by atoms with Crippen LogP contribution in [0.3, 0.4) is 0 Å². The van der Waals surface area contributed by atoms with E-state index < -0.39 is 0 Å². The maximum absolute atomic E-state index is 3.83. The maximum atomic E-state index is 3.83. The second-order valence-corrected chi connectivity index (χ2v) is 1.95. The molecule has 0 aliphatic rings. The second-order valence-electron chi connectivity index (χ2n) is 1.95. The Morgan fingerprint density at radius 1 is 1.60 bits per heavy atom. The normalized spacial score (nSPS) is 11.9. The van der Waals surface area contributed by atoms with Crippen LogP contribution in [0.1, 0.15) is 0 Å². The molecule has 3 nitrogen and oxygen atoms in total. The van der Waals surface area contributed by atoms with Crippen LogP contribution in [0, 0.1) is 0 Å². The smallest absolute Gasteiger partial charge is 0.112 e. The van der Waals surface area contributed by atoms with Gasteiger partial charge < -0.3 is 0 Å². The fourth-order valence-electron chi connectivity index (χ4n) is 0.634. The Bertz CT molecular complexity index is 334. The standard InChI is InChI=1S/C7H9N3/c1-4-5-7-6(2)10(3)9-8-7/h4-5H,1-2H2,3H3. The minimum atomic E-state index is 0.775. The number of aromatic nitrogens is 3. The largest absolute Gasteiger partial charge is 0.248 e. The predicted molar refractivity (Wildman–Crippen MR) is 40.4 cm³/mol. The summed E-state index contributed by atoms with van der Waals surface area (Å²) in [6, 6.07) is 0. The van der Waals surface area contributed by atoms with Gasteiger partial charge in [0.15, 0.2) is 0 Å². The third kappa shape index (κ3) is 0.978. The van der Waals surface area contributed by atoms with Gasteiger partial charge in [-0.15, -0.1) is 5.10 Å². The van der Waals surface area contributed by atoms with Gasteiger partial charge in [-0.3, -0.25) is 0 Å². The van der Waals surface area contributed by atoms with Gasteiger partial charge >= 0.3 is 0 Å². The lowest BCUT2D eigenvalue weighted by molar-refractivity contribution is 0.699. The first-order valence-corrected chi connectivity index (χ1v) is 2.93. The number of rotatable bonds is 1. The number of hydrogen-bond donors (Lipinski definition) is 0. The molecule has 1 aromatic heterocycles. The highest BCUT2D eigenvalue weighted by atomic mass is 15.4. The first-order chi connectivity index (χ1) is 4.75. The average molecular weight is 135 g/mol. The van der Waals surface area contributed by atoms with E-state index in [9.17, 15) is 0 Å². The van der Waals surface area contributed by atoms with Crippen molar-refractivity contribution in [1.82, 2.24) is 15.0 Å². The number of hydrogen-bond acceptors (Lipinski definition) is 2. The molecule has 0 radical (unpaired) electrons. The molecule has 3 heteroatoms. The summed E-state index contributed by atoms with van der Waals surface area (Å²) in [7, 11) is 1.80. The molecule has 0 aliphatic carbocycles. The van der Waals surface area contributed by atoms with Gasteiger partial charge in [-0.25, -0.2) is 4.68 Å². The first kappa shape index (κ1) is 6.74. The predicted octanol–water partition coefficient (Wildman–Crippen LogP) is -0.808. The van der Waals surface area contributed by atoms with E-state index in [0.717, 1.165) is 10.7 Å². The zero-order chi connectivity index (χ0) is 7.56. The van der Waals surface area contributed by atoms with Crippen molar-refractivity contribution < 1.29 is 0 Å². The molecule has 0 bridgehead atoms. The molecule has 0 N–H and O–H groups in total. The third-order valence-electron chi connectivity index (χ3n) is 1.25. The van der Waals surface area contributed by atoms with Gasteiger partial charge in [-0.1, -0.05) is 24.4 Å². The van der Waals surface area contributed by atoms with Gasteiger partial charge in [0.25, 0.3) is 0 Å². The Kier molecular flexibility index (Phi) is 1.67. The molecule has 0 fully saturated rings. The molecule has 1 heterocycles. The summed E-state index contributed by atoms with van der Waals surface area (Å²) >= 11 is 0. The molecule has 10 heavy (non-hydrogen) atoms. The van der Waals surface area contributed by atoms with Crippen molar-refractivity contribution >= 4 is 12.7 Å². The summed E-state index contributed by atoms with van der Waals surface area (Å²) in [6.45, 7) is 7.30. The molecule has 0 aromatic carbocycles. The first-order valence-electron chi connectivity index (χ1n) is 2.93. The molecule has 0 unspecified atom stereocenters. The van der Waals surface area contributed by atoms with Crippen molar-refractivity contribution in [1.29, 1.82) is 0 Å². The van der Waals surface area contributed by atoms with Gasteiger partial charge in [0.1, 0.15) is 5.35 Å². The third-order valence-corrected chi connectivity index (χ3v) is 1.25. The zero-order valence-electron chi connectivity index (χ0n) is 5.91. The number of allylic oxidation sites excluding steroid dienone is 1. The quantitative estimate of drug-likeness (QED) is 0.504. The van der Waals surface area contributed by atoms with Crippen molar-refractivity contribution in [3.8, 4) is 0 Å². The van der Waals surface area contributed by atoms with Gasteiger partial charge in [0, 0.05) is 7.05 Å². The van der Waals surface area contributed by atoms with Gasteiger partial charge in [-0.2, -0.15) is 0 Å². The summed E-state index contributed by atoms with van der Waals surface area (Å²) in [6.07, 6.45) is 3.44. The molecule has 52 valence electrons. The minimum Gasteiger partial charge on any atom is -0.248 e. The summed E-state index contributed by atoms with van der Waals surface area (Å²) in [5, 5.41) is 9.17. The SMILES string of the molecule is C=CC=c1nnn(C)c1=C. The van der Waals surface area contributed by atoms with E-state index in [1.54, 1.807) is 23.9 Å². The summed E-state index contributed by atoms with van der Waals surface area (Å²) < 4.78 is 1.62. The average Bonchev–Trinajstić information content (AvgIpc) is 2.20. The van der Waals surface area contributed by atoms with E-state index in [1.807, 2.05) is 0 Å². The molecule has 0 saturated carbocycles. The Hall–Kier alpha value is -1.38. The van der Waals surface area contributed by atoms with Crippen LogP contribution in [0.25, 0.3) is 12.7 Å². The van der Waals surface area contributed by atoms with E-state index >= 15 is 0 Å². The molecule has 0 saturated heterocycles. The van der Waals surface area contributed by atoms with Crippen molar-refractivity contribution in [2.75, 3.05) is 0 Å². The zero-order valence-corrected chi connectivity index (χ0v) is 5.91. The van der Waals surface area contributed by atoms with Crippen molar-refractivity contribution in [3.05, 3.63) is 23.4 Å². The molecule has 0 spiro atoms. The Labute approximate surface area is 59.0 Å². The van der Waals surface area contributed by atoms with Crippen LogP contribution in [-0.2, 0) is 7.05 Å². The molecule has 0 amide bonds. The van der Waals surface area contributed by atoms with Crippen LogP contribution < -0.4 is 10.7 Å². The summed E-state index contributed by atoms with van der Waals surface area (Å²) in [4.78, 5) is 0. The molecule has 0 atom stereocenters. The van der Waals surface area contributed by atoms with E-state index in [-0.39, 0.29) is 0 Å².